The number of allylic oxidation sites excluding steroid dienone is 21. The summed E-state index contributed by atoms with van der Waals surface area (Å²) in [5, 5.41) is 23.1. The van der Waals surface area contributed by atoms with E-state index in [0.29, 0.717) is 6.42 Å². The third-order valence-corrected chi connectivity index (χ3v) is 11.9. The molecule has 0 spiro atoms. The van der Waals surface area contributed by atoms with Crippen LogP contribution in [0.5, 0.6) is 0 Å². The van der Waals surface area contributed by atoms with Crippen LogP contribution >= 0.6 is 0 Å². The van der Waals surface area contributed by atoms with Crippen molar-refractivity contribution in [3.05, 3.63) is 134 Å². The summed E-state index contributed by atoms with van der Waals surface area (Å²) in [6.45, 7) is 4.19. The molecule has 0 bridgehead atoms. The van der Waals surface area contributed by atoms with Gasteiger partial charge in [-0.15, -0.1) is 0 Å². The fourth-order valence-electron chi connectivity index (χ4n) is 7.68. The van der Waals surface area contributed by atoms with Crippen molar-refractivity contribution in [1.82, 2.24) is 5.32 Å². The Balaban J connectivity index is 3.69. The monoisotopic (exact) mass is 924 g/mol. The lowest BCUT2D eigenvalue weighted by molar-refractivity contribution is -0.123. The fourth-order valence-corrected chi connectivity index (χ4v) is 7.68. The molecule has 0 aromatic rings. The molecule has 0 aliphatic rings. The predicted molar refractivity (Wildman–Crippen MR) is 299 cm³/mol. The Morgan fingerprint density at radius 3 is 0.985 bits per heavy atom. The van der Waals surface area contributed by atoms with Gasteiger partial charge in [-0.2, -0.15) is 0 Å². The summed E-state index contributed by atoms with van der Waals surface area (Å²) in [5.41, 5.74) is 0. The van der Waals surface area contributed by atoms with Crippen LogP contribution in [0.3, 0.4) is 0 Å². The molecule has 0 saturated carbocycles. The van der Waals surface area contributed by atoms with Gasteiger partial charge >= 0.3 is 0 Å². The Morgan fingerprint density at radius 2 is 0.657 bits per heavy atom. The number of aliphatic hydroxyl groups is 2. The van der Waals surface area contributed by atoms with E-state index in [9.17, 15) is 15.0 Å². The maximum absolute atomic E-state index is 12.5. The average molecular weight is 925 g/mol. The van der Waals surface area contributed by atoms with Crippen molar-refractivity contribution in [3.63, 3.8) is 0 Å². The third kappa shape index (κ3) is 53.4. The summed E-state index contributed by atoms with van der Waals surface area (Å²) >= 11 is 0. The van der Waals surface area contributed by atoms with Gasteiger partial charge in [0.15, 0.2) is 0 Å². The van der Waals surface area contributed by atoms with Gasteiger partial charge in [-0.3, -0.25) is 4.79 Å². The minimum absolute atomic E-state index is 0.0927. The summed E-state index contributed by atoms with van der Waals surface area (Å²) < 4.78 is 0. The second kappa shape index (κ2) is 56.9. The highest BCUT2D eigenvalue weighted by Gasteiger charge is 2.18. The second-order valence-electron chi connectivity index (χ2n) is 18.3. The van der Waals surface area contributed by atoms with Gasteiger partial charge in [0.2, 0.25) is 5.91 Å². The molecule has 0 saturated heterocycles. The van der Waals surface area contributed by atoms with E-state index < -0.39 is 12.1 Å². The molecule has 0 fully saturated rings. The molecule has 0 rings (SSSR count). The smallest absolute Gasteiger partial charge is 0.220 e. The maximum Gasteiger partial charge on any atom is 0.220 e. The molecule has 4 nitrogen and oxygen atoms in total. The summed E-state index contributed by atoms with van der Waals surface area (Å²) in [6, 6.07) is -0.647. The van der Waals surface area contributed by atoms with Crippen LogP contribution in [0, 0.1) is 0 Å². The number of nitrogens with one attached hydrogen (secondary N) is 1. The van der Waals surface area contributed by atoms with Crippen LogP contribution in [-0.4, -0.2) is 34.9 Å². The number of amides is 1. The molecule has 2 atom stereocenters. The van der Waals surface area contributed by atoms with E-state index in [1.165, 1.54) is 109 Å². The van der Waals surface area contributed by atoms with Crippen molar-refractivity contribution in [2.45, 2.75) is 251 Å². The van der Waals surface area contributed by atoms with E-state index in [0.717, 1.165) is 109 Å². The standard InChI is InChI=1S/C63H105NO3/c1-3-5-7-9-11-13-15-17-19-21-23-25-26-27-28-29-30-31-32-33-34-35-36-37-38-39-41-43-45-47-49-51-53-55-57-59-63(67)64-61(60-65)62(66)58-56-54-52-50-48-46-44-42-40-24-22-20-18-16-14-12-10-8-6-4-2/h5,7,11,13,17,19,23,25,27-28,30-31,33-34,36-37,39,41,45,47,56,58,61-62,65-66H,3-4,6,8-10,12,14-16,18,20-22,24,26,29,32,35,38,40,42-44,46,48-55,57,59-60H2,1-2H3,(H,64,67)/b7-5-,13-11-,19-17-,25-23-,28-27-,31-30-,34-33-,37-36-,41-39-,47-45-,58-56+. The van der Waals surface area contributed by atoms with Crippen LogP contribution < -0.4 is 5.32 Å². The molecule has 1 amide bonds. The lowest BCUT2D eigenvalue weighted by Crippen LogP contribution is -2.45. The van der Waals surface area contributed by atoms with Gasteiger partial charge in [-0.05, 0) is 96.3 Å². The van der Waals surface area contributed by atoms with Gasteiger partial charge in [0.1, 0.15) is 0 Å². The molecule has 0 aromatic heterocycles. The second-order valence-corrected chi connectivity index (χ2v) is 18.3. The van der Waals surface area contributed by atoms with Gasteiger partial charge in [0, 0.05) is 6.42 Å². The summed E-state index contributed by atoms with van der Waals surface area (Å²) in [5.74, 6) is -0.0927. The van der Waals surface area contributed by atoms with Crippen LogP contribution in [0.4, 0.5) is 0 Å². The van der Waals surface area contributed by atoms with Crippen LogP contribution in [0.1, 0.15) is 239 Å². The van der Waals surface area contributed by atoms with E-state index in [4.69, 9.17) is 0 Å². The van der Waals surface area contributed by atoms with Crippen molar-refractivity contribution >= 4 is 5.91 Å². The summed E-state index contributed by atoms with van der Waals surface area (Å²) in [7, 11) is 0. The first-order chi connectivity index (χ1) is 33.2. The molecule has 0 aromatic carbocycles. The van der Waals surface area contributed by atoms with Gasteiger partial charge in [-0.25, -0.2) is 0 Å². The molecular weight excluding hydrogens is 819 g/mol. The molecule has 2 unspecified atom stereocenters. The Labute approximate surface area is 415 Å². The van der Waals surface area contributed by atoms with E-state index in [2.05, 4.69) is 141 Å². The van der Waals surface area contributed by atoms with Crippen molar-refractivity contribution in [3.8, 4) is 0 Å². The highest BCUT2D eigenvalue weighted by molar-refractivity contribution is 5.76. The molecule has 380 valence electrons. The van der Waals surface area contributed by atoms with Crippen LogP contribution in [0.2, 0.25) is 0 Å². The molecule has 0 aliphatic carbocycles. The van der Waals surface area contributed by atoms with Crippen molar-refractivity contribution in [2.75, 3.05) is 6.61 Å². The highest BCUT2D eigenvalue weighted by atomic mass is 16.3. The van der Waals surface area contributed by atoms with E-state index in [1.54, 1.807) is 6.08 Å². The van der Waals surface area contributed by atoms with Gasteiger partial charge in [0.25, 0.3) is 0 Å². The Morgan fingerprint density at radius 1 is 0.373 bits per heavy atom. The molecular formula is C63H105NO3. The molecule has 67 heavy (non-hydrogen) atoms. The van der Waals surface area contributed by atoms with Gasteiger partial charge < -0.3 is 15.5 Å². The van der Waals surface area contributed by atoms with Crippen molar-refractivity contribution in [1.29, 1.82) is 0 Å². The van der Waals surface area contributed by atoms with Crippen molar-refractivity contribution < 1.29 is 15.0 Å². The first-order valence-electron chi connectivity index (χ1n) is 27.9. The zero-order valence-corrected chi connectivity index (χ0v) is 43.6. The van der Waals surface area contributed by atoms with E-state index in [-0.39, 0.29) is 12.5 Å². The Bertz CT molecular complexity index is 1370. The number of aliphatic hydroxyl groups excluding tert-OH is 2. The topological polar surface area (TPSA) is 69.6 Å². The fraction of sp³-hybridized carbons (Fsp3) is 0.635. The summed E-state index contributed by atoms with van der Waals surface area (Å²) in [4.78, 5) is 12.5. The lowest BCUT2D eigenvalue weighted by Gasteiger charge is -2.20. The van der Waals surface area contributed by atoms with E-state index >= 15 is 0 Å². The number of hydrogen-bond donors (Lipinski definition) is 3. The number of hydrogen-bond acceptors (Lipinski definition) is 3. The minimum Gasteiger partial charge on any atom is -0.394 e. The molecule has 0 radical (unpaired) electrons. The third-order valence-electron chi connectivity index (χ3n) is 11.9. The van der Waals surface area contributed by atoms with Crippen LogP contribution in [0.25, 0.3) is 0 Å². The lowest BCUT2D eigenvalue weighted by atomic mass is 10.0. The van der Waals surface area contributed by atoms with Crippen LogP contribution in [-0.2, 0) is 4.79 Å². The number of rotatable bonds is 49. The van der Waals surface area contributed by atoms with Crippen molar-refractivity contribution in [2.24, 2.45) is 0 Å². The minimum atomic E-state index is -0.861. The first kappa shape index (κ1) is 63.5. The number of carbonyl (C=O) groups is 1. The Hall–Kier alpha value is -3.47. The quantitative estimate of drug-likeness (QED) is 0.0421. The zero-order chi connectivity index (χ0) is 48.5. The molecule has 0 heterocycles. The predicted octanol–water partition coefficient (Wildman–Crippen LogP) is 18.6. The Kier molecular flexibility index (Phi) is 53.9. The normalized spacial score (nSPS) is 13.9. The average Bonchev–Trinajstić information content (AvgIpc) is 3.33. The molecule has 3 N–H and O–H groups in total. The highest BCUT2D eigenvalue weighted by Crippen LogP contribution is 2.15. The van der Waals surface area contributed by atoms with E-state index in [1.807, 2.05) is 6.08 Å². The first-order valence-corrected chi connectivity index (χ1v) is 27.9. The maximum atomic E-state index is 12.5. The summed E-state index contributed by atoms with van der Waals surface area (Å²) in [6.07, 6.45) is 88.8. The van der Waals surface area contributed by atoms with Crippen LogP contribution in [0.15, 0.2) is 134 Å². The van der Waals surface area contributed by atoms with Gasteiger partial charge in [0.05, 0.1) is 18.8 Å². The number of unbranched alkanes of at least 4 members (excludes halogenated alkanes) is 22. The number of carbonyl (C=O) groups excluding carboxylic acids is 1. The molecule has 0 aliphatic heterocycles. The largest absolute Gasteiger partial charge is 0.394 e. The SMILES string of the molecule is CC/C=C\C/C=C\C/C=C\C/C=C\C/C=C\C/C=C\C/C=C\C/C=C\C/C=C\C/C=C\CCCCCCC(=O)NC(CO)C(O)/C=C/CCCCCCCCCCCCCCCCCCCC. The van der Waals surface area contributed by atoms with Gasteiger partial charge in [-0.1, -0.05) is 270 Å². The molecule has 4 heteroatoms. The zero-order valence-electron chi connectivity index (χ0n) is 43.6.